The van der Waals surface area contributed by atoms with Crippen LogP contribution in [-0.2, 0) is 9.53 Å². The molecule has 0 aliphatic rings. The summed E-state index contributed by atoms with van der Waals surface area (Å²) in [7, 11) is 0. The van der Waals surface area contributed by atoms with Gasteiger partial charge in [0.05, 0.1) is 6.61 Å². The second-order valence-electron chi connectivity index (χ2n) is 6.70. The van der Waals surface area contributed by atoms with Crippen molar-refractivity contribution in [2.24, 2.45) is 0 Å². The maximum absolute atomic E-state index is 11.7. The third-order valence-electron chi connectivity index (χ3n) is 4.31. The van der Waals surface area contributed by atoms with E-state index in [1.165, 1.54) is 70.6 Å². The molecule has 0 amide bonds. The summed E-state index contributed by atoms with van der Waals surface area (Å²) in [4.78, 5) is 11.7. The lowest BCUT2D eigenvalue weighted by Crippen LogP contribution is -2.06. The highest BCUT2D eigenvalue weighted by Gasteiger charge is 2.04. The second-order valence-corrected chi connectivity index (χ2v) is 6.70. The Morgan fingerprint density at radius 3 is 1.74 bits per heavy atom. The summed E-state index contributed by atoms with van der Waals surface area (Å²) >= 11 is 0. The van der Waals surface area contributed by atoms with Crippen LogP contribution in [0.15, 0.2) is 11.6 Å². The molecule has 0 radical (unpaired) electrons. The SMILES string of the molecule is CCCCCCCCCCCCCC=C(C)C(=O)OCCCC. The molecule has 0 N–H and O–H groups in total. The van der Waals surface area contributed by atoms with Crippen LogP contribution >= 0.6 is 0 Å². The van der Waals surface area contributed by atoms with Crippen LogP contribution in [0.2, 0.25) is 0 Å². The van der Waals surface area contributed by atoms with E-state index in [9.17, 15) is 4.79 Å². The van der Waals surface area contributed by atoms with Gasteiger partial charge in [-0.3, -0.25) is 0 Å². The number of allylic oxidation sites excluding steroid dienone is 1. The Kier molecular flexibility index (Phi) is 17.0. The normalized spacial score (nSPS) is 11.7. The van der Waals surface area contributed by atoms with Gasteiger partial charge in [-0.2, -0.15) is 0 Å². The number of hydrogen-bond acceptors (Lipinski definition) is 2. The minimum Gasteiger partial charge on any atom is -0.462 e. The van der Waals surface area contributed by atoms with Crippen molar-refractivity contribution in [3.63, 3.8) is 0 Å². The van der Waals surface area contributed by atoms with Gasteiger partial charge in [0.2, 0.25) is 0 Å². The standard InChI is InChI=1S/C21H40O2/c1-4-6-8-9-10-11-12-13-14-15-16-17-18-20(3)21(22)23-19-7-5-2/h18H,4-17,19H2,1-3H3. The number of ether oxygens (including phenoxy) is 1. The molecule has 0 rings (SSSR count). The Morgan fingerprint density at radius 2 is 1.22 bits per heavy atom. The Balaban J connectivity index is 3.37. The molecule has 0 aromatic carbocycles. The van der Waals surface area contributed by atoms with E-state index in [2.05, 4.69) is 13.8 Å². The molecule has 136 valence electrons. The van der Waals surface area contributed by atoms with E-state index in [-0.39, 0.29) is 5.97 Å². The van der Waals surface area contributed by atoms with Gasteiger partial charge in [0.15, 0.2) is 0 Å². The van der Waals surface area contributed by atoms with E-state index >= 15 is 0 Å². The average molecular weight is 325 g/mol. The van der Waals surface area contributed by atoms with Crippen LogP contribution in [0.5, 0.6) is 0 Å². The molecule has 0 aliphatic carbocycles. The van der Waals surface area contributed by atoms with Gasteiger partial charge in [-0.05, 0) is 26.2 Å². The van der Waals surface area contributed by atoms with Gasteiger partial charge in [-0.15, -0.1) is 0 Å². The Labute approximate surface area is 145 Å². The summed E-state index contributed by atoms with van der Waals surface area (Å²) in [5, 5.41) is 0. The lowest BCUT2D eigenvalue weighted by Gasteiger charge is -2.04. The largest absolute Gasteiger partial charge is 0.462 e. The zero-order valence-electron chi connectivity index (χ0n) is 16.0. The number of carbonyl (C=O) groups excluding carboxylic acids is 1. The summed E-state index contributed by atoms with van der Waals surface area (Å²) in [6, 6.07) is 0. The summed E-state index contributed by atoms with van der Waals surface area (Å²) in [6.07, 6.45) is 20.1. The molecular weight excluding hydrogens is 284 g/mol. The lowest BCUT2D eigenvalue weighted by atomic mass is 10.0. The van der Waals surface area contributed by atoms with Crippen LogP contribution < -0.4 is 0 Å². The molecule has 2 heteroatoms. The minimum atomic E-state index is -0.137. The van der Waals surface area contributed by atoms with E-state index < -0.39 is 0 Å². The molecule has 0 unspecified atom stereocenters. The first-order chi connectivity index (χ1) is 11.2. The molecule has 0 aliphatic heterocycles. The summed E-state index contributed by atoms with van der Waals surface area (Å²) in [6.45, 7) is 6.79. The molecule has 23 heavy (non-hydrogen) atoms. The predicted molar refractivity (Wildman–Crippen MR) is 101 cm³/mol. The van der Waals surface area contributed by atoms with E-state index in [0.717, 1.165) is 24.8 Å². The second kappa shape index (κ2) is 17.6. The van der Waals surface area contributed by atoms with E-state index in [0.29, 0.717) is 6.61 Å². The predicted octanol–water partition coefficient (Wildman–Crippen LogP) is 6.98. The molecular formula is C21H40O2. The molecule has 0 heterocycles. The van der Waals surface area contributed by atoms with Crippen molar-refractivity contribution in [2.75, 3.05) is 6.61 Å². The van der Waals surface area contributed by atoms with E-state index in [1.54, 1.807) is 0 Å². The van der Waals surface area contributed by atoms with E-state index in [1.807, 2.05) is 13.0 Å². The van der Waals surface area contributed by atoms with Crippen molar-refractivity contribution in [2.45, 2.75) is 111 Å². The fraction of sp³-hybridized carbons (Fsp3) is 0.857. The highest BCUT2D eigenvalue weighted by atomic mass is 16.5. The van der Waals surface area contributed by atoms with Crippen molar-refractivity contribution in [3.05, 3.63) is 11.6 Å². The first-order valence-corrected chi connectivity index (χ1v) is 10.1. The Hall–Kier alpha value is -0.790. The first-order valence-electron chi connectivity index (χ1n) is 10.1. The maximum atomic E-state index is 11.7. The van der Waals surface area contributed by atoms with Gasteiger partial charge >= 0.3 is 5.97 Å². The zero-order valence-corrected chi connectivity index (χ0v) is 16.0. The quantitative estimate of drug-likeness (QED) is 0.174. The summed E-state index contributed by atoms with van der Waals surface area (Å²) in [5.41, 5.74) is 0.771. The molecule has 0 saturated carbocycles. The van der Waals surface area contributed by atoms with Gasteiger partial charge < -0.3 is 4.74 Å². The monoisotopic (exact) mass is 324 g/mol. The molecule has 0 aromatic heterocycles. The smallest absolute Gasteiger partial charge is 0.333 e. The van der Waals surface area contributed by atoms with E-state index in [4.69, 9.17) is 4.74 Å². The van der Waals surface area contributed by atoms with Crippen LogP contribution in [0.4, 0.5) is 0 Å². The fourth-order valence-electron chi connectivity index (χ4n) is 2.63. The zero-order chi connectivity index (χ0) is 17.2. The summed E-state index contributed by atoms with van der Waals surface area (Å²) < 4.78 is 5.19. The van der Waals surface area contributed by atoms with Crippen molar-refractivity contribution in [1.82, 2.24) is 0 Å². The number of unbranched alkanes of at least 4 members (excludes halogenated alkanes) is 12. The molecule has 0 aromatic rings. The topological polar surface area (TPSA) is 26.3 Å². The molecule has 0 fully saturated rings. The number of hydrogen-bond donors (Lipinski definition) is 0. The molecule has 2 nitrogen and oxygen atoms in total. The Morgan fingerprint density at radius 1 is 0.739 bits per heavy atom. The maximum Gasteiger partial charge on any atom is 0.333 e. The highest BCUT2D eigenvalue weighted by Crippen LogP contribution is 2.12. The number of rotatable bonds is 16. The lowest BCUT2D eigenvalue weighted by molar-refractivity contribution is -0.139. The van der Waals surface area contributed by atoms with Crippen LogP contribution in [0, 0.1) is 0 Å². The average Bonchev–Trinajstić information content (AvgIpc) is 2.55. The van der Waals surface area contributed by atoms with Crippen molar-refractivity contribution >= 4 is 5.97 Å². The molecule has 0 bridgehead atoms. The molecule has 0 atom stereocenters. The van der Waals surface area contributed by atoms with Crippen LogP contribution in [0.25, 0.3) is 0 Å². The van der Waals surface area contributed by atoms with Gasteiger partial charge in [0.1, 0.15) is 0 Å². The van der Waals surface area contributed by atoms with Crippen molar-refractivity contribution in [1.29, 1.82) is 0 Å². The minimum absolute atomic E-state index is 0.137. The van der Waals surface area contributed by atoms with Crippen LogP contribution in [0.1, 0.15) is 111 Å². The van der Waals surface area contributed by atoms with Crippen molar-refractivity contribution < 1.29 is 9.53 Å². The van der Waals surface area contributed by atoms with Crippen molar-refractivity contribution in [3.8, 4) is 0 Å². The number of esters is 1. The van der Waals surface area contributed by atoms with Gasteiger partial charge in [-0.25, -0.2) is 4.79 Å². The Bertz CT molecular complexity index is 294. The highest BCUT2D eigenvalue weighted by molar-refractivity contribution is 5.87. The molecule has 0 saturated heterocycles. The summed E-state index contributed by atoms with van der Waals surface area (Å²) in [5.74, 6) is -0.137. The van der Waals surface area contributed by atoms with Crippen LogP contribution in [-0.4, -0.2) is 12.6 Å². The molecule has 0 spiro atoms. The first kappa shape index (κ1) is 22.2. The third-order valence-corrected chi connectivity index (χ3v) is 4.31. The van der Waals surface area contributed by atoms with Gasteiger partial charge in [-0.1, -0.05) is 90.6 Å². The van der Waals surface area contributed by atoms with Gasteiger partial charge in [0.25, 0.3) is 0 Å². The third kappa shape index (κ3) is 15.9. The van der Waals surface area contributed by atoms with Crippen LogP contribution in [0.3, 0.4) is 0 Å². The number of carbonyl (C=O) groups is 1. The van der Waals surface area contributed by atoms with Gasteiger partial charge in [0, 0.05) is 5.57 Å². The fourth-order valence-corrected chi connectivity index (χ4v) is 2.63.